The number of anilines is 1. The predicted molar refractivity (Wildman–Crippen MR) is 72.6 cm³/mol. The number of morpholine rings is 1. The number of pyridine rings is 1. The maximum atomic E-state index is 12.0. The van der Waals surface area contributed by atoms with Crippen molar-refractivity contribution in [3.63, 3.8) is 0 Å². The standard InChI is InChI=1S/C12H16BrN3O2/c1-2-15-12(17)11-8-18-6-5-16(11)10-3-4-14-7-9(10)13/h3-4,7,11H,2,5-6,8H2,1H3,(H,15,17). The van der Waals surface area contributed by atoms with Crippen molar-refractivity contribution < 1.29 is 9.53 Å². The molecule has 0 aromatic carbocycles. The molecule has 1 fully saturated rings. The van der Waals surface area contributed by atoms with Gasteiger partial charge in [-0.15, -0.1) is 0 Å². The van der Waals surface area contributed by atoms with Crippen molar-refractivity contribution in [2.75, 3.05) is 31.2 Å². The SMILES string of the molecule is CCNC(=O)C1COCCN1c1ccncc1Br. The van der Waals surface area contributed by atoms with E-state index in [0.29, 0.717) is 26.3 Å². The first-order valence-electron chi connectivity index (χ1n) is 5.95. The highest BCUT2D eigenvalue weighted by molar-refractivity contribution is 9.10. The van der Waals surface area contributed by atoms with E-state index in [0.717, 1.165) is 10.2 Å². The molecule has 0 spiro atoms. The Morgan fingerprint density at radius 1 is 1.72 bits per heavy atom. The summed E-state index contributed by atoms with van der Waals surface area (Å²) in [7, 11) is 0. The molecule has 0 bridgehead atoms. The molecule has 1 atom stereocenters. The number of rotatable bonds is 3. The van der Waals surface area contributed by atoms with Gasteiger partial charge in [-0.1, -0.05) is 0 Å². The van der Waals surface area contributed by atoms with Crippen LogP contribution in [0.25, 0.3) is 0 Å². The first-order valence-corrected chi connectivity index (χ1v) is 6.75. The van der Waals surface area contributed by atoms with E-state index >= 15 is 0 Å². The van der Waals surface area contributed by atoms with E-state index in [-0.39, 0.29) is 11.9 Å². The van der Waals surface area contributed by atoms with Crippen LogP contribution >= 0.6 is 15.9 Å². The lowest BCUT2D eigenvalue weighted by Gasteiger charge is -2.36. The van der Waals surface area contributed by atoms with Crippen molar-refractivity contribution in [3.8, 4) is 0 Å². The van der Waals surface area contributed by atoms with Gasteiger partial charge in [0.1, 0.15) is 6.04 Å². The molecule has 1 N–H and O–H groups in total. The summed E-state index contributed by atoms with van der Waals surface area (Å²) >= 11 is 3.47. The topological polar surface area (TPSA) is 54.5 Å². The average molecular weight is 314 g/mol. The lowest BCUT2D eigenvalue weighted by Crippen LogP contribution is -2.54. The molecule has 0 saturated carbocycles. The molecule has 5 nitrogen and oxygen atoms in total. The van der Waals surface area contributed by atoms with E-state index in [1.54, 1.807) is 12.4 Å². The first kappa shape index (κ1) is 13.3. The lowest BCUT2D eigenvalue weighted by molar-refractivity contribution is -0.124. The van der Waals surface area contributed by atoms with Crippen LogP contribution in [0.15, 0.2) is 22.9 Å². The monoisotopic (exact) mass is 313 g/mol. The molecule has 1 aliphatic heterocycles. The minimum atomic E-state index is -0.280. The van der Waals surface area contributed by atoms with Gasteiger partial charge in [-0.3, -0.25) is 9.78 Å². The summed E-state index contributed by atoms with van der Waals surface area (Å²) in [6.45, 7) is 4.28. The van der Waals surface area contributed by atoms with Gasteiger partial charge in [0.15, 0.2) is 0 Å². The number of carbonyl (C=O) groups is 1. The molecule has 2 rings (SSSR count). The van der Waals surface area contributed by atoms with Crippen LogP contribution < -0.4 is 10.2 Å². The molecule has 6 heteroatoms. The number of ether oxygens (including phenoxy) is 1. The Bertz CT molecular complexity index is 428. The summed E-state index contributed by atoms with van der Waals surface area (Å²) in [5.41, 5.74) is 0.976. The third kappa shape index (κ3) is 2.81. The van der Waals surface area contributed by atoms with Crippen LogP contribution in [-0.4, -0.2) is 43.2 Å². The van der Waals surface area contributed by atoms with Crippen molar-refractivity contribution in [2.24, 2.45) is 0 Å². The summed E-state index contributed by atoms with van der Waals surface area (Å²) < 4.78 is 6.30. The second kappa shape index (κ2) is 6.15. The molecule has 18 heavy (non-hydrogen) atoms. The maximum absolute atomic E-state index is 12.0. The van der Waals surface area contributed by atoms with Crippen molar-refractivity contribution in [1.29, 1.82) is 0 Å². The number of hydrogen-bond acceptors (Lipinski definition) is 4. The third-order valence-corrected chi connectivity index (χ3v) is 3.45. The number of amides is 1. The van der Waals surface area contributed by atoms with E-state index in [4.69, 9.17) is 4.74 Å². The predicted octanol–water partition coefficient (Wildman–Crippen LogP) is 1.19. The van der Waals surface area contributed by atoms with Crippen LogP contribution in [0.1, 0.15) is 6.92 Å². The summed E-state index contributed by atoms with van der Waals surface area (Å²) in [6.07, 6.45) is 3.46. The second-order valence-corrected chi connectivity index (χ2v) is 4.86. The highest BCUT2D eigenvalue weighted by Gasteiger charge is 2.30. The number of aromatic nitrogens is 1. The minimum absolute atomic E-state index is 0.000845. The molecule has 98 valence electrons. The Labute approximate surface area is 115 Å². The highest BCUT2D eigenvalue weighted by atomic mass is 79.9. The quantitative estimate of drug-likeness (QED) is 0.910. The molecule has 1 saturated heterocycles. The zero-order valence-electron chi connectivity index (χ0n) is 10.2. The highest BCUT2D eigenvalue weighted by Crippen LogP contribution is 2.27. The van der Waals surface area contributed by atoms with E-state index in [1.165, 1.54) is 0 Å². The van der Waals surface area contributed by atoms with Crippen LogP contribution in [0.4, 0.5) is 5.69 Å². The fraction of sp³-hybridized carbons (Fsp3) is 0.500. The summed E-state index contributed by atoms with van der Waals surface area (Å²) in [5, 5.41) is 2.84. The van der Waals surface area contributed by atoms with Gasteiger partial charge in [0, 0.05) is 25.5 Å². The Balaban J connectivity index is 2.23. The van der Waals surface area contributed by atoms with Gasteiger partial charge in [0.25, 0.3) is 0 Å². The molecule has 1 amide bonds. The zero-order chi connectivity index (χ0) is 13.0. The number of halogens is 1. The minimum Gasteiger partial charge on any atom is -0.377 e. The molecule has 0 radical (unpaired) electrons. The normalized spacial score (nSPS) is 19.7. The zero-order valence-corrected chi connectivity index (χ0v) is 11.8. The van der Waals surface area contributed by atoms with E-state index in [2.05, 4.69) is 31.1 Å². The van der Waals surface area contributed by atoms with Crippen LogP contribution in [0.2, 0.25) is 0 Å². The fourth-order valence-corrected chi connectivity index (χ4v) is 2.48. The molecule has 2 heterocycles. The van der Waals surface area contributed by atoms with Crippen LogP contribution in [0.3, 0.4) is 0 Å². The third-order valence-electron chi connectivity index (χ3n) is 2.84. The number of nitrogens with zero attached hydrogens (tertiary/aromatic N) is 2. The van der Waals surface area contributed by atoms with Gasteiger partial charge in [-0.25, -0.2) is 0 Å². The number of carbonyl (C=O) groups excluding carboxylic acids is 1. The fourth-order valence-electron chi connectivity index (χ4n) is 2.00. The molecular weight excluding hydrogens is 298 g/mol. The van der Waals surface area contributed by atoms with Crippen LogP contribution in [-0.2, 0) is 9.53 Å². The molecule has 1 unspecified atom stereocenters. The average Bonchev–Trinajstić information content (AvgIpc) is 2.40. The van der Waals surface area contributed by atoms with Gasteiger partial charge in [0.05, 0.1) is 23.4 Å². The van der Waals surface area contributed by atoms with Gasteiger partial charge >= 0.3 is 0 Å². The van der Waals surface area contributed by atoms with Crippen molar-refractivity contribution in [1.82, 2.24) is 10.3 Å². The van der Waals surface area contributed by atoms with Crippen molar-refractivity contribution >= 4 is 27.5 Å². The van der Waals surface area contributed by atoms with Crippen LogP contribution in [0.5, 0.6) is 0 Å². The van der Waals surface area contributed by atoms with Crippen molar-refractivity contribution in [2.45, 2.75) is 13.0 Å². The number of nitrogens with one attached hydrogen (secondary N) is 1. The van der Waals surface area contributed by atoms with Gasteiger partial charge in [-0.2, -0.15) is 0 Å². The Kier molecular flexibility index (Phi) is 4.54. The Hall–Kier alpha value is -1.14. The number of hydrogen-bond donors (Lipinski definition) is 1. The second-order valence-electron chi connectivity index (χ2n) is 4.01. The van der Waals surface area contributed by atoms with E-state index in [1.807, 2.05) is 13.0 Å². The van der Waals surface area contributed by atoms with Crippen molar-refractivity contribution in [3.05, 3.63) is 22.9 Å². The first-order chi connectivity index (χ1) is 8.74. The Morgan fingerprint density at radius 3 is 3.28 bits per heavy atom. The molecule has 0 aliphatic carbocycles. The number of likely N-dealkylation sites (N-methyl/N-ethyl adjacent to an activating group) is 1. The maximum Gasteiger partial charge on any atom is 0.245 e. The van der Waals surface area contributed by atoms with E-state index < -0.39 is 0 Å². The van der Waals surface area contributed by atoms with E-state index in [9.17, 15) is 4.79 Å². The smallest absolute Gasteiger partial charge is 0.245 e. The van der Waals surface area contributed by atoms with Crippen LogP contribution in [0, 0.1) is 0 Å². The largest absolute Gasteiger partial charge is 0.377 e. The molecule has 1 aliphatic rings. The molecule has 1 aromatic heterocycles. The summed E-state index contributed by atoms with van der Waals surface area (Å²) in [5.74, 6) is 0.000845. The van der Waals surface area contributed by atoms with Gasteiger partial charge in [-0.05, 0) is 28.9 Å². The van der Waals surface area contributed by atoms with Gasteiger partial charge in [0.2, 0.25) is 5.91 Å². The molecular formula is C12H16BrN3O2. The molecule has 1 aromatic rings. The summed E-state index contributed by atoms with van der Waals surface area (Å²) in [6, 6.07) is 1.62. The Morgan fingerprint density at radius 2 is 2.56 bits per heavy atom. The van der Waals surface area contributed by atoms with Gasteiger partial charge < -0.3 is 15.0 Å². The lowest BCUT2D eigenvalue weighted by atomic mass is 10.2. The summed E-state index contributed by atoms with van der Waals surface area (Å²) in [4.78, 5) is 18.1.